The molecule has 172 valence electrons. The van der Waals surface area contributed by atoms with Crippen LogP contribution in [0.25, 0.3) is 11.2 Å². The van der Waals surface area contributed by atoms with Gasteiger partial charge in [-0.1, -0.05) is 49.6 Å². The van der Waals surface area contributed by atoms with Crippen molar-refractivity contribution in [2.45, 2.75) is 59.2 Å². The number of imidazole rings is 1. The summed E-state index contributed by atoms with van der Waals surface area (Å²) in [6, 6.07) is 7.71. The van der Waals surface area contributed by atoms with Gasteiger partial charge in [0.2, 0.25) is 5.28 Å². The lowest BCUT2D eigenvalue weighted by Gasteiger charge is -2.11. The maximum absolute atomic E-state index is 12.9. The first-order valence-corrected chi connectivity index (χ1v) is 11.1. The summed E-state index contributed by atoms with van der Waals surface area (Å²) in [4.78, 5) is 44.5. The predicted molar refractivity (Wildman–Crippen MR) is 123 cm³/mol. The van der Waals surface area contributed by atoms with Crippen LogP contribution in [0, 0.1) is 6.92 Å². The van der Waals surface area contributed by atoms with Crippen LogP contribution in [0.3, 0.4) is 0 Å². The number of nitrogens with zero attached hydrogens (tertiary/aromatic N) is 3. The van der Waals surface area contributed by atoms with Crippen molar-refractivity contribution in [2.24, 2.45) is 0 Å². The minimum Gasteiger partial charge on any atom is -0.445 e. The van der Waals surface area contributed by atoms with Crippen LogP contribution >= 0.6 is 11.6 Å². The van der Waals surface area contributed by atoms with Crippen LogP contribution in [-0.4, -0.2) is 31.7 Å². The van der Waals surface area contributed by atoms with Crippen LogP contribution < -0.4 is 16.6 Å². The Morgan fingerprint density at radius 2 is 1.97 bits per heavy atom. The number of unbranched alkanes of at least 4 members (excludes halogenated alkanes) is 2. The third-order valence-corrected chi connectivity index (χ3v) is 5.28. The second-order valence-corrected chi connectivity index (χ2v) is 8.03. The van der Waals surface area contributed by atoms with E-state index in [1.807, 2.05) is 31.2 Å². The normalized spacial score (nSPS) is 11.1. The Hall–Kier alpha value is -3.07. The first-order chi connectivity index (χ1) is 15.4. The summed E-state index contributed by atoms with van der Waals surface area (Å²) in [5.74, 6) is 0. The van der Waals surface area contributed by atoms with E-state index in [0.29, 0.717) is 13.0 Å². The molecular weight excluding hydrogens is 434 g/mol. The van der Waals surface area contributed by atoms with E-state index in [9.17, 15) is 14.4 Å². The van der Waals surface area contributed by atoms with Gasteiger partial charge in [-0.2, -0.15) is 4.98 Å². The number of halogens is 1. The quantitative estimate of drug-likeness (QED) is 0.355. The van der Waals surface area contributed by atoms with Gasteiger partial charge in [0, 0.05) is 19.6 Å². The number of aryl methyl sites for hydroxylation is 2. The average molecular weight is 462 g/mol. The number of alkyl carbamates (subject to hydrolysis) is 1. The van der Waals surface area contributed by atoms with E-state index in [2.05, 4.69) is 22.2 Å². The molecule has 0 spiro atoms. The summed E-state index contributed by atoms with van der Waals surface area (Å²) in [5.41, 5.74) is 1.57. The van der Waals surface area contributed by atoms with E-state index in [1.165, 1.54) is 4.57 Å². The molecule has 32 heavy (non-hydrogen) atoms. The standard InChI is InChI=1S/C22H28ClN5O4/c1-3-4-5-11-27-18-17(25-20(23)26-18)19(29)28(22(27)31)12-7-10-24-21(30)32-14-16-9-6-8-15(2)13-16/h6,8-9,13H,3-5,7,10-12,14H2,1-2H3,(H,24,30)(H,25,26). The predicted octanol–water partition coefficient (Wildman–Crippen LogP) is 3.35. The molecule has 2 aromatic heterocycles. The van der Waals surface area contributed by atoms with Crippen molar-refractivity contribution in [3.05, 3.63) is 61.5 Å². The number of amides is 1. The number of hydrogen-bond acceptors (Lipinski definition) is 5. The Bertz CT molecular complexity index is 1200. The molecule has 1 aromatic carbocycles. The highest BCUT2D eigenvalue weighted by Gasteiger charge is 2.16. The minimum absolute atomic E-state index is 0.0662. The van der Waals surface area contributed by atoms with E-state index in [0.717, 1.165) is 35.0 Å². The Kier molecular flexibility index (Phi) is 8.10. The molecule has 10 heteroatoms. The second kappa shape index (κ2) is 11.0. The summed E-state index contributed by atoms with van der Waals surface area (Å²) >= 11 is 5.95. The number of aromatic nitrogens is 4. The molecule has 0 saturated heterocycles. The van der Waals surface area contributed by atoms with Crippen molar-refractivity contribution < 1.29 is 9.53 Å². The molecule has 2 N–H and O–H groups in total. The number of fused-ring (bicyclic) bond motifs is 1. The number of H-pyrrole nitrogens is 1. The Morgan fingerprint density at radius 3 is 2.72 bits per heavy atom. The second-order valence-electron chi connectivity index (χ2n) is 7.67. The molecule has 1 amide bonds. The summed E-state index contributed by atoms with van der Waals surface area (Å²) in [6.45, 7) is 5.08. The van der Waals surface area contributed by atoms with Crippen LogP contribution in [0.4, 0.5) is 4.79 Å². The number of hydrogen-bond donors (Lipinski definition) is 2. The SMILES string of the molecule is CCCCCn1c(=O)n(CCCNC(=O)OCc2cccc(C)c2)c(=O)c2[nH]c(Cl)nc21. The fourth-order valence-electron chi connectivity index (χ4n) is 3.49. The van der Waals surface area contributed by atoms with E-state index in [4.69, 9.17) is 16.3 Å². The van der Waals surface area contributed by atoms with Crippen molar-refractivity contribution >= 4 is 28.9 Å². The number of ether oxygens (including phenoxy) is 1. The lowest BCUT2D eigenvalue weighted by atomic mass is 10.1. The summed E-state index contributed by atoms with van der Waals surface area (Å²) in [6.07, 6.45) is 2.59. The highest BCUT2D eigenvalue weighted by molar-refractivity contribution is 6.28. The molecule has 9 nitrogen and oxygen atoms in total. The lowest BCUT2D eigenvalue weighted by molar-refractivity contribution is 0.139. The number of nitrogens with one attached hydrogen (secondary N) is 2. The smallest absolute Gasteiger partial charge is 0.407 e. The Labute approximate surface area is 190 Å². The van der Waals surface area contributed by atoms with Crippen molar-refractivity contribution in [2.75, 3.05) is 6.54 Å². The molecule has 0 aliphatic rings. The molecule has 3 rings (SSSR count). The van der Waals surface area contributed by atoms with Gasteiger partial charge in [0.15, 0.2) is 11.2 Å². The van der Waals surface area contributed by atoms with Crippen LogP contribution in [0.15, 0.2) is 33.9 Å². The monoisotopic (exact) mass is 461 g/mol. The Morgan fingerprint density at radius 1 is 1.19 bits per heavy atom. The largest absolute Gasteiger partial charge is 0.445 e. The van der Waals surface area contributed by atoms with Crippen LogP contribution in [0.2, 0.25) is 5.28 Å². The topological polar surface area (TPSA) is 111 Å². The molecule has 3 aromatic rings. The molecule has 0 aliphatic carbocycles. The van der Waals surface area contributed by atoms with E-state index < -0.39 is 17.3 Å². The van der Waals surface area contributed by atoms with Crippen molar-refractivity contribution in [3.63, 3.8) is 0 Å². The zero-order chi connectivity index (χ0) is 23.1. The molecule has 0 aliphatic heterocycles. The maximum Gasteiger partial charge on any atom is 0.407 e. The fraction of sp³-hybridized carbons (Fsp3) is 0.455. The number of carbonyl (C=O) groups is 1. The van der Waals surface area contributed by atoms with Crippen molar-refractivity contribution in [1.82, 2.24) is 24.4 Å². The lowest BCUT2D eigenvalue weighted by Crippen LogP contribution is -2.41. The van der Waals surface area contributed by atoms with Gasteiger partial charge in [0.1, 0.15) is 6.61 Å². The molecule has 2 heterocycles. The highest BCUT2D eigenvalue weighted by atomic mass is 35.5. The first kappa shape index (κ1) is 23.6. The van der Waals surface area contributed by atoms with Crippen molar-refractivity contribution in [3.8, 4) is 0 Å². The number of benzene rings is 1. The van der Waals surface area contributed by atoms with Crippen LogP contribution in [0.1, 0.15) is 43.7 Å². The van der Waals surface area contributed by atoms with Gasteiger partial charge in [-0.15, -0.1) is 0 Å². The molecule has 0 atom stereocenters. The average Bonchev–Trinajstić information content (AvgIpc) is 3.16. The zero-order valence-corrected chi connectivity index (χ0v) is 19.1. The van der Waals surface area contributed by atoms with Gasteiger partial charge in [0.05, 0.1) is 0 Å². The van der Waals surface area contributed by atoms with E-state index in [1.54, 1.807) is 0 Å². The van der Waals surface area contributed by atoms with Gasteiger partial charge in [-0.25, -0.2) is 9.59 Å². The maximum atomic E-state index is 12.9. The van der Waals surface area contributed by atoms with Crippen LogP contribution in [0.5, 0.6) is 0 Å². The zero-order valence-electron chi connectivity index (χ0n) is 18.3. The first-order valence-electron chi connectivity index (χ1n) is 10.8. The molecule has 0 fully saturated rings. The van der Waals surface area contributed by atoms with Crippen molar-refractivity contribution in [1.29, 1.82) is 0 Å². The van der Waals surface area contributed by atoms with Crippen LogP contribution in [-0.2, 0) is 24.4 Å². The highest BCUT2D eigenvalue weighted by Crippen LogP contribution is 2.11. The van der Waals surface area contributed by atoms with E-state index in [-0.39, 0.29) is 36.1 Å². The molecule has 0 saturated carbocycles. The number of aromatic amines is 1. The van der Waals surface area contributed by atoms with Gasteiger partial charge in [-0.05, 0) is 36.9 Å². The van der Waals surface area contributed by atoms with Gasteiger partial charge in [-0.3, -0.25) is 13.9 Å². The fourth-order valence-corrected chi connectivity index (χ4v) is 3.66. The number of carbonyl (C=O) groups excluding carboxylic acids is 1. The van der Waals surface area contributed by atoms with Gasteiger partial charge >= 0.3 is 11.8 Å². The summed E-state index contributed by atoms with van der Waals surface area (Å²) < 4.78 is 7.84. The van der Waals surface area contributed by atoms with Gasteiger partial charge < -0.3 is 15.0 Å². The molecule has 0 bridgehead atoms. The summed E-state index contributed by atoms with van der Waals surface area (Å²) in [7, 11) is 0. The minimum atomic E-state index is -0.549. The summed E-state index contributed by atoms with van der Waals surface area (Å²) in [5, 5.41) is 2.71. The van der Waals surface area contributed by atoms with Gasteiger partial charge in [0.25, 0.3) is 5.56 Å². The Balaban J connectivity index is 1.61. The van der Waals surface area contributed by atoms with E-state index >= 15 is 0 Å². The third kappa shape index (κ3) is 5.79. The third-order valence-electron chi connectivity index (χ3n) is 5.10. The molecule has 0 radical (unpaired) electrons. The molecular formula is C22H28ClN5O4. The number of rotatable bonds is 10. The molecule has 0 unspecified atom stereocenters.